The standard InChI is InChI=1S/C15H15N5O2/c1-19(2)12(8-20-10-16-9-17-20)13-15(21)22-14(18-13)11-6-4-3-5-7-11/h3-7,9-10H,8H2,1-2H3/b13-12+. The molecule has 0 saturated carbocycles. The molecule has 1 aliphatic heterocycles. The van der Waals surface area contributed by atoms with Gasteiger partial charge in [-0.2, -0.15) is 5.10 Å². The van der Waals surface area contributed by atoms with Crippen molar-refractivity contribution in [2.45, 2.75) is 6.54 Å². The number of nitrogens with zero attached hydrogens (tertiary/aromatic N) is 5. The monoisotopic (exact) mass is 297 g/mol. The van der Waals surface area contributed by atoms with Gasteiger partial charge in [0.05, 0.1) is 12.2 Å². The fourth-order valence-corrected chi connectivity index (χ4v) is 2.09. The van der Waals surface area contributed by atoms with Crippen LogP contribution in [0.2, 0.25) is 0 Å². The molecule has 0 bridgehead atoms. The largest absolute Gasteiger partial charge is 0.402 e. The summed E-state index contributed by atoms with van der Waals surface area (Å²) < 4.78 is 6.92. The van der Waals surface area contributed by atoms with Gasteiger partial charge >= 0.3 is 5.97 Å². The number of benzene rings is 1. The van der Waals surface area contributed by atoms with Crippen molar-refractivity contribution < 1.29 is 9.53 Å². The lowest BCUT2D eigenvalue weighted by atomic mass is 10.2. The maximum absolute atomic E-state index is 12.2. The summed E-state index contributed by atoms with van der Waals surface area (Å²) in [7, 11) is 3.70. The number of hydrogen-bond acceptors (Lipinski definition) is 6. The molecular weight excluding hydrogens is 282 g/mol. The quantitative estimate of drug-likeness (QED) is 0.623. The fraction of sp³-hybridized carbons (Fsp3) is 0.200. The van der Waals surface area contributed by atoms with Crippen LogP contribution in [0.15, 0.2) is 59.4 Å². The summed E-state index contributed by atoms with van der Waals surface area (Å²) in [6, 6.07) is 9.34. The molecule has 2 heterocycles. The lowest BCUT2D eigenvalue weighted by Gasteiger charge is -2.17. The van der Waals surface area contributed by atoms with Gasteiger partial charge in [-0.1, -0.05) is 18.2 Å². The van der Waals surface area contributed by atoms with Gasteiger partial charge in [0.1, 0.15) is 12.7 Å². The number of hydrogen-bond donors (Lipinski definition) is 0. The zero-order valence-corrected chi connectivity index (χ0v) is 12.3. The number of esters is 1. The Hall–Kier alpha value is -2.96. The van der Waals surface area contributed by atoms with Gasteiger partial charge in [0.15, 0.2) is 5.70 Å². The molecule has 0 atom stereocenters. The molecule has 1 aromatic heterocycles. The summed E-state index contributed by atoms with van der Waals surface area (Å²) in [6.07, 6.45) is 3.04. The number of carbonyl (C=O) groups is 1. The Morgan fingerprint density at radius 1 is 1.27 bits per heavy atom. The molecule has 7 nitrogen and oxygen atoms in total. The summed E-state index contributed by atoms with van der Waals surface area (Å²) in [5, 5.41) is 4.06. The molecule has 112 valence electrons. The van der Waals surface area contributed by atoms with Gasteiger partial charge in [0.25, 0.3) is 0 Å². The van der Waals surface area contributed by atoms with Crippen LogP contribution < -0.4 is 0 Å². The van der Waals surface area contributed by atoms with Gasteiger partial charge in [0, 0.05) is 19.7 Å². The maximum atomic E-state index is 12.2. The predicted octanol–water partition coefficient (Wildman–Crippen LogP) is 1.05. The minimum Gasteiger partial charge on any atom is -0.402 e. The second-order valence-electron chi connectivity index (χ2n) is 4.96. The van der Waals surface area contributed by atoms with E-state index in [4.69, 9.17) is 4.74 Å². The number of ether oxygens (including phenoxy) is 1. The van der Waals surface area contributed by atoms with Crippen molar-refractivity contribution in [1.82, 2.24) is 19.7 Å². The van der Waals surface area contributed by atoms with Crippen molar-refractivity contribution in [3.63, 3.8) is 0 Å². The first kappa shape index (κ1) is 14.0. The first-order valence-corrected chi connectivity index (χ1v) is 6.74. The SMILES string of the molecule is CN(C)/C(Cn1cncn1)=C1/N=C(c2ccccc2)OC1=O. The zero-order valence-electron chi connectivity index (χ0n) is 12.3. The molecule has 22 heavy (non-hydrogen) atoms. The molecule has 3 rings (SSSR count). The summed E-state index contributed by atoms with van der Waals surface area (Å²) in [6.45, 7) is 0.392. The first-order chi connectivity index (χ1) is 10.6. The highest BCUT2D eigenvalue weighted by Gasteiger charge is 2.28. The number of allylic oxidation sites excluding steroid dienone is 1. The van der Waals surface area contributed by atoms with E-state index < -0.39 is 5.97 Å². The molecule has 0 N–H and O–H groups in total. The third-order valence-corrected chi connectivity index (χ3v) is 3.21. The molecule has 2 aromatic rings. The Balaban J connectivity index is 1.99. The lowest BCUT2D eigenvalue weighted by molar-refractivity contribution is -0.130. The van der Waals surface area contributed by atoms with Crippen molar-refractivity contribution in [2.24, 2.45) is 4.99 Å². The molecular formula is C15H15N5O2. The van der Waals surface area contributed by atoms with E-state index in [-0.39, 0.29) is 0 Å². The van der Waals surface area contributed by atoms with Crippen LogP contribution in [0.25, 0.3) is 0 Å². The lowest BCUT2D eigenvalue weighted by Crippen LogP contribution is -2.20. The molecule has 0 fully saturated rings. The smallest absolute Gasteiger partial charge is 0.365 e. The van der Waals surface area contributed by atoms with Crippen molar-refractivity contribution in [1.29, 1.82) is 0 Å². The predicted molar refractivity (Wildman–Crippen MR) is 79.8 cm³/mol. The van der Waals surface area contributed by atoms with Crippen molar-refractivity contribution >= 4 is 11.9 Å². The normalized spacial score (nSPS) is 16.3. The first-order valence-electron chi connectivity index (χ1n) is 6.74. The van der Waals surface area contributed by atoms with E-state index in [2.05, 4.69) is 15.1 Å². The van der Waals surface area contributed by atoms with E-state index in [0.717, 1.165) is 5.56 Å². The van der Waals surface area contributed by atoms with Crippen LogP contribution in [0.1, 0.15) is 5.56 Å². The Morgan fingerprint density at radius 3 is 2.68 bits per heavy atom. The van der Waals surface area contributed by atoms with Crippen LogP contribution in [0, 0.1) is 0 Å². The number of aromatic nitrogens is 3. The van der Waals surface area contributed by atoms with E-state index in [9.17, 15) is 4.79 Å². The molecule has 7 heteroatoms. The van der Waals surface area contributed by atoms with Gasteiger partial charge < -0.3 is 9.64 Å². The number of likely N-dealkylation sites (N-methyl/N-ethyl adjacent to an activating group) is 1. The molecule has 0 radical (unpaired) electrons. The summed E-state index contributed by atoms with van der Waals surface area (Å²) in [4.78, 5) is 22.3. The number of rotatable bonds is 4. The van der Waals surface area contributed by atoms with E-state index in [1.807, 2.05) is 49.3 Å². The van der Waals surface area contributed by atoms with Crippen LogP contribution in [-0.4, -0.2) is 45.6 Å². The maximum Gasteiger partial charge on any atom is 0.365 e. The van der Waals surface area contributed by atoms with Gasteiger partial charge in [-0.15, -0.1) is 0 Å². The van der Waals surface area contributed by atoms with E-state index in [1.165, 1.54) is 6.33 Å². The molecule has 0 aliphatic carbocycles. The van der Waals surface area contributed by atoms with Gasteiger partial charge in [-0.25, -0.2) is 19.5 Å². The van der Waals surface area contributed by atoms with Crippen molar-refractivity contribution in [3.8, 4) is 0 Å². The molecule has 0 amide bonds. The highest BCUT2D eigenvalue weighted by Crippen LogP contribution is 2.21. The molecule has 1 aliphatic rings. The van der Waals surface area contributed by atoms with Crippen molar-refractivity contribution in [3.05, 3.63) is 59.9 Å². The Kier molecular flexibility index (Phi) is 3.69. The van der Waals surface area contributed by atoms with Crippen LogP contribution >= 0.6 is 0 Å². The van der Waals surface area contributed by atoms with Crippen molar-refractivity contribution in [2.75, 3.05) is 14.1 Å². The molecule has 1 aromatic carbocycles. The molecule has 0 saturated heterocycles. The minimum absolute atomic E-state index is 0.291. The number of aliphatic imine (C=N–C) groups is 1. The van der Waals surface area contributed by atoms with Crippen LogP contribution in [-0.2, 0) is 16.1 Å². The second kappa shape index (κ2) is 5.80. The topological polar surface area (TPSA) is 72.6 Å². The summed E-state index contributed by atoms with van der Waals surface area (Å²) >= 11 is 0. The number of cyclic esters (lactones) is 1. The van der Waals surface area contributed by atoms with Crippen LogP contribution in [0.4, 0.5) is 0 Å². The van der Waals surface area contributed by atoms with E-state index in [0.29, 0.717) is 23.8 Å². The third kappa shape index (κ3) is 2.73. The molecule has 0 unspecified atom stereocenters. The minimum atomic E-state index is -0.456. The second-order valence-corrected chi connectivity index (χ2v) is 4.96. The Bertz CT molecular complexity index is 733. The van der Waals surface area contributed by atoms with Gasteiger partial charge in [-0.05, 0) is 12.1 Å². The molecule has 0 spiro atoms. The third-order valence-electron chi connectivity index (χ3n) is 3.21. The van der Waals surface area contributed by atoms with Crippen LogP contribution in [0.3, 0.4) is 0 Å². The van der Waals surface area contributed by atoms with Crippen LogP contribution in [0.5, 0.6) is 0 Å². The zero-order chi connectivity index (χ0) is 15.5. The Morgan fingerprint density at radius 2 is 2.05 bits per heavy atom. The summed E-state index contributed by atoms with van der Waals surface area (Å²) in [5.74, 6) is -0.138. The highest BCUT2D eigenvalue weighted by molar-refractivity contribution is 6.11. The number of carbonyl (C=O) groups excluding carboxylic acids is 1. The van der Waals surface area contributed by atoms with E-state index in [1.54, 1.807) is 11.0 Å². The fourth-order valence-electron chi connectivity index (χ4n) is 2.09. The Labute approximate surface area is 127 Å². The van der Waals surface area contributed by atoms with Gasteiger partial charge in [-0.3, -0.25) is 0 Å². The van der Waals surface area contributed by atoms with Gasteiger partial charge in [0.2, 0.25) is 5.90 Å². The average Bonchev–Trinajstić information content (AvgIpc) is 3.15. The average molecular weight is 297 g/mol. The van der Waals surface area contributed by atoms with E-state index >= 15 is 0 Å². The summed E-state index contributed by atoms with van der Waals surface area (Å²) in [5.41, 5.74) is 1.77. The highest BCUT2D eigenvalue weighted by atomic mass is 16.6.